The molecule has 2 heterocycles. The smallest absolute Gasteiger partial charge is 0.407 e. The SMILES string of the molecule is O=C(NC1C(=O)[C@@H](CO)O[C@H]1n1ccc(=O)[nH]c1=O)OCC(c1ccccc1)c1ccccc1. The van der Waals surface area contributed by atoms with Crippen molar-refractivity contribution >= 4 is 11.9 Å². The summed E-state index contributed by atoms with van der Waals surface area (Å²) in [5.74, 6) is -0.864. The van der Waals surface area contributed by atoms with Gasteiger partial charge < -0.3 is 19.9 Å². The minimum Gasteiger partial charge on any atom is -0.449 e. The van der Waals surface area contributed by atoms with Gasteiger partial charge in [-0.05, 0) is 11.1 Å². The van der Waals surface area contributed by atoms with Crippen molar-refractivity contribution in [3.63, 3.8) is 0 Å². The fraction of sp³-hybridized carbons (Fsp3) is 0.250. The molecule has 1 aromatic heterocycles. The van der Waals surface area contributed by atoms with Gasteiger partial charge in [0.2, 0.25) is 0 Å². The summed E-state index contributed by atoms with van der Waals surface area (Å²) in [6.07, 6.45) is -2.24. The van der Waals surface area contributed by atoms with Crippen molar-refractivity contribution in [2.75, 3.05) is 13.2 Å². The molecule has 10 nitrogen and oxygen atoms in total. The number of carbonyl (C=O) groups is 2. The molecule has 2 aromatic carbocycles. The minimum atomic E-state index is -1.31. The largest absolute Gasteiger partial charge is 0.449 e. The first-order chi connectivity index (χ1) is 16.5. The lowest BCUT2D eigenvalue weighted by molar-refractivity contribution is -0.125. The maximum atomic E-state index is 12.7. The fourth-order valence-corrected chi connectivity index (χ4v) is 3.87. The summed E-state index contributed by atoms with van der Waals surface area (Å²) < 4.78 is 11.9. The van der Waals surface area contributed by atoms with Gasteiger partial charge in [-0.3, -0.25) is 19.1 Å². The number of aliphatic hydroxyl groups is 1. The number of aromatic nitrogens is 2. The van der Waals surface area contributed by atoms with Crippen molar-refractivity contribution in [1.82, 2.24) is 14.9 Å². The van der Waals surface area contributed by atoms with Gasteiger partial charge in [-0.15, -0.1) is 0 Å². The highest BCUT2D eigenvalue weighted by atomic mass is 16.6. The Hall–Kier alpha value is -4.02. The van der Waals surface area contributed by atoms with Crippen LogP contribution in [0.1, 0.15) is 23.3 Å². The highest BCUT2D eigenvalue weighted by Gasteiger charge is 2.45. The van der Waals surface area contributed by atoms with Crippen LogP contribution >= 0.6 is 0 Å². The molecule has 34 heavy (non-hydrogen) atoms. The quantitative estimate of drug-likeness (QED) is 0.471. The van der Waals surface area contributed by atoms with E-state index in [0.29, 0.717) is 0 Å². The lowest BCUT2D eigenvalue weighted by Crippen LogP contribution is -2.47. The Morgan fingerprint density at radius 1 is 1.03 bits per heavy atom. The number of ketones is 1. The Morgan fingerprint density at radius 3 is 2.21 bits per heavy atom. The number of benzene rings is 2. The number of hydrogen-bond donors (Lipinski definition) is 3. The van der Waals surface area contributed by atoms with Crippen molar-refractivity contribution in [1.29, 1.82) is 0 Å². The third-order valence-electron chi connectivity index (χ3n) is 5.56. The van der Waals surface area contributed by atoms with Crippen LogP contribution in [0.5, 0.6) is 0 Å². The number of H-pyrrole nitrogens is 1. The van der Waals surface area contributed by atoms with E-state index in [1.54, 1.807) is 0 Å². The van der Waals surface area contributed by atoms with Gasteiger partial charge in [0.15, 0.2) is 12.0 Å². The monoisotopic (exact) mass is 465 g/mol. The van der Waals surface area contributed by atoms with Crippen LogP contribution in [0.15, 0.2) is 82.5 Å². The number of hydrogen-bond acceptors (Lipinski definition) is 7. The molecule has 3 N–H and O–H groups in total. The molecular weight excluding hydrogens is 442 g/mol. The van der Waals surface area contributed by atoms with E-state index in [4.69, 9.17) is 9.47 Å². The maximum absolute atomic E-state index is 12.7. The number of aliphatic hydroxyl groups excluding tert-OH is 1. The molecule has 0 saturated carbocycles. The second-order valence-electron chi connectivity index (χ2n) is 7.71. The van der Waals surface area contributed by atoms with Gasteiger partial charge in [0, 0.05) is 18.2 Å². The first-order valence-corrected chi connectivity index (χ1v) is 10.6. The average Bonchev–Trinajstić information content (AvgIpc) is 3.15. The van der Waals surface area contributed by atoms with Gasteiger partial charge in [0.05, 0.1) is 6.61 Å². The van der Waals surface area contributed by atoms with Crippen LogP contribution in [0.4, 0.5) is 4.79 Å². The third-order valence-corrected chi connectivity index (χ3v) is 5.56. The van der Waals surface area contributed by atoms with Crippen LogP contribution in [0.25, 0.3) is 0 Å². The molecule has 0 spiro atoms. The topological polar surface area (TPSA) is 140 Å². The van der Waals surface area contributed by atoms with Crippen LogP contribution in [0, 0.1) is 0 Å². The molecule has 0 aliphatic carbocycles. The summed E-state index contributed by atoms with van der Waals surface area (Å²) in [5.41, 5.74) is 0.443. The number of nitrogens with one attached hydrogen (secondary N) is 2. The fourth-order valence-electron chi connectivity index (χ4n) is 3.87. The molecule has 1 amide bonds. The zero-order valence-corrected chi connectivity index (χ0v) is 18.0. The number of alkyl carbamates (subject to hydrolysis) is 1. The summed E-state index contributed by atoms with van der Waals surface area (Å²) in [7, 11) is 0. The van der Waals surface area contributed by atoms with Crippen LogP contribution in [0.2, 0.25) is 0 Å². The zero-order valence-electron chi connectivity index (χ0n) is 18.0. The molecular formula is C24H23N3O7. The van der Waals surface area contributed by atoms with E-state index >= 15 is 0 Å². The summed E-state index contributed by atoms with van der Waals surface area (Å²) in [6.45, 7) is -0.640. The third kappa shape index (κ3) is 4.98. The van der Waals surface area contributed by atoms with Crippen LogP contribution in [0.3, 0.4) is 0 Å². The average molecular weight is 465 g/mol. The molecule has 10 heteroatoms. The second-order valence-corrected chi connectivity index (χ2v) is 7.71. The maximum Gasteiger partial charge on any atom is 0.407 e. The predicted molar refractivity (Wildman–Crippen MR) is 120 cm³/mol. The number of amides is 1. The van der Waals surface area contributed by atoms with Crippen molar-refractivity contribution in [3.05, 3.63) is 105 Å². The van der Waals surface area contributed by atoms with Crippen molar-refractivity contribution in [2.24, 2.45) is 0 Å². The Morgan fingerprint density at radius 2 is 1.65 bits per heavy atom. The van der Waals surface area contributed by atoms with Crippen LogP contribution in [-0.4, -0.2) is 51.9 Å². The summed E-state index contributed by atoms with van der Waals surface area (Å²) in [5, 5.41) is 11.9. The summed E-state index contributed by atoms with van der Waals surface area (Å²) in [6, 6.07) is 18.8. The van der Waals surface area contributed by atoms with E-state index in [1.807, 2.05) is 60.7 Å². The molecule has 4 rings (SSSR count). The molecule has 1 aliphatic heterocycles. The molecule has 1 fully saturated rings. The van der Waals surface area contributed by atoms with Gasteiger partial charge in [0.25, 0.3) is 5.56 Å². The molecule has 3 atom stereocenters. The minimum absolute atomic E-state index is 0.00563. The lowest BCUT2D eigenvalue weighted by Gasteiger charge is -2.22. The van der Waals surface area contributed by atoms with Crippen LogP contribution < -0.4 is 16.6 Å². The number of carbonyl (C=O) groups excluding carboxylic acids is 2. The highest BCUT2D eigenvalue weighted by molar-refractivity contribution is 5.93. The summed E-state index contributed by atoms with van der Waals surface area (Å²) >= 11 is 0. The second kappa shape index (κ2) is 10.3. The molecule has 0 bridgehead atoms. The van der Waals surface area contributed by atoms with Gasteiger partial charge in [0.1, 0.15) is 18.8 Å². The van der Waals surface area contributed by atoms with Crippen molar-refractivity contribution in [2.45, 2.75) is 24.3 Å². The van der Waals surface area contributed by atoms with Crippen molar-refractivity contribution in [3.8, 4) is 0 Å². The summed E-state index contributed by atoms with van der Waals surface area (Å²) in [4.78, 5) is 51.0. The van der Waals surface area contributed by atoms with E-state index in [1.165, 1.54) is 0 Å². The van der Waals surface area contributed by atoms with Crippen molar-refractivity contribution < 1.29 is 24.2 Å². The van der Waals surface area contributed by atoms with Crippen LogP contribution in [-0.2, 0) is 14.3 Å². The number of nitrogens with zero attached hydrogens (tertiary/aromatic N) is 1. The Labute approximate surface area is 193 Å². The van der Waals surface area contributed by atoms with Gasteiger partial charge >= 0.3 is 11.8 Å². The van der Waals surface area contributed by atoms with E-state index in [9.17, 15) is 24.3 Å². The molecule has 1 aliphatic rings. The normalized spacial score (nSPS) is 19.8. The molecule has 0 radical (unpaired) electrons. The zero-order chi connectivity index (χ0) is 24.1. The van der Waals surface area contributed by atoms with E-state index in [-0.39, 0.29) is 12.5 Å². The highest BCUT2D eigenvalue weighted by Crippen LogP contribution is 2.26. The number of aromatic amines is 1. The first-order valence-electron chi connectivity index (χ1n) is 10.6. The standard InChI is InChI=1S/C24H23N3O7/c28-13-18-21(30)20(22(34-18)27-12-11-19(29)25-23(27)31)26-24(32)33-14-17(15-7-3-1-4-8-15)16-9-5-2-6-10-16/h1-12,17-18,20,22,28H,13-14H2,(H,26,32)(H,25,29,31)/t18-,20?,22-/m1/s1. The predicted octanol–water partition coefficient (Wildman–Crippen LogP) is 0.922. The van der Waals surface area contributed by atoms with Gasteiger partial charge in [-0.2, -0.15) is 0 Å². The number of ether oxygens (including phenoxy) is 2. The Bertz CT molecular complexity index is 1220. The van der Waals surface area contributed by atoms with E-state index in [0.717, 1.165) is 28.0 Å². The van der Waals surface area contributed by atoms with Gasteiger partial charge in [-0.25, -0.2) is 9.59 Å². The molecule has 3 aromatic rings. The number of Topliss-reactive ketones (excluding diaryl/α,β-unsaturated/α-hetero) is 1. The first kappa shape index (κ1) is 23.1. The molecule has 1 unspecified atom stereocenters. The van der Waals surface area contributed by atoms with E-state index < -0.39 is 48.1 Å². The number of rotatable bonds is 7. The Balaban J connectivity index is 1.51. The molecule has 176 valence electrons. The van der Waals surface area contributed by atoms with E-state index in [2.05, 4.69) is 10.3 Å². The lowest BCUT2D eigenvalue weighted by atomic mass is 9.92. The molecule has 1 saturated heterocycles. The Kier molecular flexibility index (Phi) is 7.00. The van der Waals surface area contributed by atoms with Gasteiger partial charge in [-0.1, -0.05) is 60.7 Å².